The van der Waals surface area contributed by atoms with Gasteiger partial charge in [0.05, 0.1) is 6.10 Å². The van der Waals surface area contributed by atoms with Crippen molar-refractivity contribution in [1.29, 1.82) is 0 Å². The van der Waals surface area contributed by atoms with Crippen LogP contribution in [-0.2, 0) is 0 Å². The van der Waals surface area contributed by atoms with Gasteiger partial charge >= 0.3 is 0 Å². The highest BCUT2D eigenvalue weighted by Gasteiger charge is 2.51. The first-order chi connectivity index (χ1) is 14.3. The van der Waals surface area contributed by atoms with Gasteiger partial charge in [0.15, 0.2) is 0 Å². The van der Waals surface area contributed by atoms with E-state index in [4.69, 9.17) is 0 Å². The molecule has 0 aliphatic heterocycles. The van der Waals surface area contributed by atoms with E-state index in [0.29, 0.717) is 24.7 Å². The van der Waals surface area contributed by atoms with Crippen molar-refractivity contribution >= 4 is 0 Å². The number of allylic oxidation sites excluding steroid dienone is 4. The Hall–Kier alpha value is -1.00. The average molecular weight is 437 g/mol. The molecule has 3 rings (SSSR count). The second-order valence-corrected chi connectivity index (χ2v) is 11.3. The number of rotatable bonds is 6. The molecule has 0 radical (unpaired) electrons. The third kappa shape index (κ3) is 5.16. The normalized spacial score (nSPS) is 36.1. The second-order valence-electron chi connectivity index (χ2n) is 11.3. The van der Waals surface area contributed by atoms with Gasteiger partial charge in [-0.2, -0.15) is 0 Å². The number of halogens is 2. The van der Waals surface area contributed by atoms with Crippen LogP contribution >= 0.6 is 0 Å². The molecule has 0 aromatic carbocycles. The van der Waals surface area contributed by atoms with Gasteiger partial charge < -0.3 is 10.2 Å². The lowest BCUT2D eigenvalue weighted by Gasteiger charge is -2.44. The van der Waals surface area contributed by atoms with E-state index in [1.54, 1.807) is 0 Å². The van der Waals surface area contributed by atoms with Gasteiger partial charge in [0.1, 0.15) is 5.60 Å². The summed E-state index contributed by atoms with van der Waals surface area (Å²) >= 11 is 0. The topological polar surface area (TPSA) is 40.5 Å². The lowest BCUT2D eigenvalue weighted by Crippen LogP contribution is -2.43. The second kappa shape index (κ2) is 9.09. The quantitative estimate of drug-likeness (QED) is 0.471. The number of aliphatic hydroxyl groups excluding tert-OH is 1. The van der Waals surface area contributed by atoms with Crippen molar-refractivity contribution in [3.8, 4) is 0 Å². The van der Waals surface area contributed by atoms with Crippen molar-refractivity contribution in [2.75, 3.05) is 0 Å². The largest absolute Gasteiger partial charge is 0.393 e. The Bertz CT molecular complexity index is 730. The Morgan fingerprint density at radius 3 is 2.58 bits per heavy atom. The molecule has 0 aromatic rings. The average Bonchev–Trinajstić information content (AvgIpc) is 3.03. The van der Waals surface area contributed by atoms with Crippen molar-refractivity contribution in [2.24, 2.45) is 23.2 Å². The van der Waals surface area contributed by atoms with Crippen molar-refractivity contribution in [3.05, 3.63) is 35.5 Å². The molecular formula is C27H42F2O2. The molecule has 2 nitrogen and oxygen atoms in total. The number of hydrogen-bond acceptors (Lipinski definition) is 2. The van der Waals surface area contributed by atoms with Crippen molar-refractivity contribution in [3.63, 3.8) is 0 Å². The predicted molar refractivity (Wildman–Crippen MR) is 123 cm³/mol. The molecule has 3 saturated carbocycles. The summed E-state index contributed by atoms with van der Waals surface area (Å²) in [7, 11) is 0. The fourth-order valence-electron chi connectivity index (χ4n) is 6.53. The summed E-state index contributed by atoms with van der Waals surface area (Å²) in [6, 6.07) is 0. The number of alkyl halides is 2. The summed E-state index contributed by atoms with van der Waals surface area (Å²) < 4.78 is 28.6. The Labute approximate surface area is 187 Å². The molecule has 3 fully saturated rings. The Balaban J connectivity index is 1.71. The van der Waals surface area contributed by atoms with E-state index in [1.807, 2.05) is 0 Å². The molecule has 2 N–H and O–H groups in total. The number of aliphatic hydroxyl groups is 2. The van der Waals surface area contributed by atoms with Crippen LogP contribution in [0.5, 0.6) is 0 Å². The van der Waals surface area contributed by atoms with E-state index in [9.17, 15) is 19.0 Å². The maximum Gasteiger partial charge on any atom is 0.275 e. The minimum absolute atomic E-state index is 0.162. The Morgan fingerprint density at radius 1 is 1.19 bits per heavy atom. The minimum atomic E-state index is -3.06. The molecule has 0 amide bonds. The van der Waals surface area contributed by atoms with Crippen LogP contribution in [0.15, 0.2) is 35.5 Å². The SMILES string of the molecule is C=C1CC[C@H](O)CC1=CC=C1CCC[C@@]2(C)C1CC[C@@H]2[C@H](C)CCC(F)(F)C(C)(C)O. The lowest BCUT2D eigenvalue weighted by molar-refractivity contribution is -0.168. The molecule has 3 aliphatic rings. The first-order valence-corrected chi connectivity index (χ1v) is 12.2. The van der Waals surface area contributed by atoms with Gasteiger partial charge in [0.25, 0.3) is 5.92 Å². The molecule has 0 saturated heterocycles. The van der Waals surface area contributed by atoms with Crippen LogP contribution in [-0.4, -0.2) is 27.8 Å². The maximum atomic E-state index is 14.3. The fraction of sp³-hybridized carbons (Fsp3) is 0.778. The van der Waals surface area contributed by atoms with Crippen molar-refractivity contribution in [2.45, 2.75) is 110 Å². The first-order valence-electron chi connectivity index (χ1n) is 12.2. The highest BCUT2D eigenvalue weighted by Crippen LogP contribution is 2.60. The summed E-state index contributed by atoms with van der Waals surface area (Å²) in [5.74, 6) is -1.88. The lowest BCUT2D eigenvalue weighted by atomic mass is 9.60. The Morgan fingerprint density at radius 2 is 1.90 bits per heavy atom. The molecular weight excluding hydrogens is 394 g/mol. The molecule has 0 aromatic heterocycles. The van der Waals surface area contributed by atoms with Crippen LogP contribution in [0, 0.1) is 23.2 Å². The molecule has 5 atom stereocenters. The van der Waals surface area contributed by atoms with E-state index in [1.165, 1.54) is 25.0 Å². The van der Waals surface area contributed by atoms with Crippen LogP contribution in [0.1, 0.15) is 91.9 Å². The molecule has 0 spiro atoms. The zero-order chi connectivity index (χ0) is 23.0. The van der Waals surface area contributed by atoms with E-state index in [2.05, 4.69) is 32.6 Å². The molecule has 176 valence electrons. The van der Waals surface area contributed by atoms with E-state index < -0.39 is 11.5 Å². The fourth-order valence-corrected chi connectivity index (χ4v) is 6.53. The van der Waals surface area contributed by atoms with Crippen molar-refractivity contribution in [1.82, 2.24) is 0 Å². The molecule has 3 aliphatic carbocycles. The van der Waals surface area contributed by atoms with E-state index in [0.717, 1.165) is 50.5 Å². The predicted octanol–water partition coefficient (Wildman–Crippen LogP) is 6.98. The standard InChI is InChI=1S/C27H42F2O2/c1-18-8-11-22(30)17-21(18)10-9-20-7-6-15-26(5)23(12-13-24(20)26)19(2)14-16-27(28,29)25(3,4)31/h9-10,19,22-24,30-31H,1,6-8,11-17H2,2-5H3/t19-,22+,23-,24?,26-/m1/s1. The molecule has 0 bridgehead atoms. The van der Waals surface area contributed by atoms with Crippen LogP contribution in [0.2, 0.25) is 0 Å². The van der Waals surface area contributed by atoms with Crippen LogP contribution < -0.4 is 0 Å². The summed E-state index contributed by atoms with van der Waals surface area (Å²) in [5.41, 5.74) is 2.00. The molecule has 0 heterocycles. The molecule has 1 unspecified atom stereocenters. The summed E-state index contributed by atoms with van der Waals surface area (Å²) in [6.45, 7) is 11.1. The van der Waals surface area contributed by atoms with Gasteiger partial charge in [-0.3, -0.25) is 0 Å². The Kier molecular flexibility index (Phi) is 7.23. The van der Waals surface area contributed by atoms with Crippen LogP contribution in [0.25, 0.3) is 0 Å². The van der Waals surface area contributed by atoms with E-state index >= 15 is 0 Å². The van der Waals surface area contributed by atoms with Crippen LogP contribution in [0.4, 0.5) is 8.78 Å². The highest BCUT2D eigenvalue weighted by molar-refractivity contribution is 5.36. The third-order valence-corrected chi connectivity index (χ3v) is 8.72. The van der Waals surface area contributed by atoms with Crippen LogP contribution in [0.3, 0.4) is 0 Å². The van der Waals surface area contributed by atoms with Gasteiger partial charge in [0.2, 0.25) is 0 Å². The minimum Gasteiger partial charge on any atom is -0.393 e. The monoisotopic (exact) mass is 436 g/mol. The van der Waals surface area contributed by atoms with Gasteiger partial charge in [-0.05, 0) is 100 Å². The first kappa shape index (κ1) is 24.6. The molecule has 4 heteroatoms. The molecule has 31 heavy (non-hydrogen) atoms. The number of hydrogen-bond donors (Lipinski definition) is 2. The van der Waals surface area contributed by atoms with Gasteiger partial charge in [0, 0.05) is 6.42 Å². The van der Waals surface area contributed by atoms with Gasteiger partial charge in [-0.25, -0.2) is 8.78 Å². The summed E-state index contributed by atoms with van der Waals surface area (Å²) in [6.07, 6.45) is 12.4. The van der Waals surface area contributed by atoms with Crippen molar-refractivity contribution < 1.29 is 19.0 Å². The summed E-state index contributed by atoms with van der Waals surface area (Å²) in [4.78, 5) is 0. The third-order valence-electron chi connectivity index (χ3n) is 8.72. The van der Waals surface area contributed by atoms with Gasteiger partial charge in [-0.1, -0.05) is 43.7 Å². The number of fused-ring (bicyclic) bond motifs is 1. The van der Waals surface area contributed by atoms with E-state index in [-0.39, 0.29) is 23.9 Å². The zero-order valence-corrected chi connectivity index (χ0v) is 19.9. The van der Waals surface area contributed by atoms with Gasteiger partial charge in [-0.15, -0.1) is 0 Å². The smallest absolute Gasteiger partial charge is 0.275 e. The maximum absolute atomic E-state index is 14.3. The summed E-state index contributed by atoms with van der Waals surface area (Å²) in [5, 5.41) is 19.8. The zero-order valence-electron chi connectivity index (χ0n) is 19.9. The highest BCUT2D eigenvalue weighted by atomic mass is 19.3.